The van der Waals surface area contributed by atoms with E-state index >= 15 is 0 Å². The Kier molecular flexibility index (Phi) is 8.30. The fourth-order valence-electron chi connectivity index (χ4n) is 6.15. The molecule has 0 unspecified atom stereocenters. The lowest BCUT2D eigenvalue weighted by atomic mass is 10.1. The van der Waals surface area contributed by atoms with Crippen LogP contribution in [-0.2, 0) is 11.3 Å². The zero-order chi connectivity index (χ0) is 28.4. The Labute approximate surface area is 235 Å². The number of imidazole rings is 1. The van der Waals surface area contributed by atoms with Crippen LogP contribution in [0, 0.1) is 20.8 Å². The average Bonchev–Trinajstić information content (AvgIpc) is 3.36. The number of hydrogen-bond donors (Lipinski definition) is 1. The van der Waals surface area contributed by atoms with E-state index in [2.05, 4.69) is 38.8 Å². The van der Waals surface area contributed by atoms with E-state index in [-0.39, 0.29) is 17.9 Å². The standard InChI is InChI=1S/C31H39FN6O2/c1-5-8-28(39)37-11-7-6-9-26(19-37)38-29-20(2)13-23(17-36-12-10-25(32)18-36)16-27(29)34-31(38)35-30(40)24-14-21(3)33-22(4)15-24/h5,8,13-16,25-26H,6-7,9-12,17-19H2,1-4H3,(H,34,35,40)/t25-,26+/m0/s1. The van der Waals surface area contributed by atoms with Gasteiger partial charge in [-0.15, -0.1) is 0 Å². The highest BCUT2D eigenvalue weighted by Crippen LogP contribution is 2.33. The minimum absolute atomic E-state index is 0.00271. The molecular formula is C31H39FN6O2. The molecule has 2 fully saturated rings. The third-order valence-electron chi connectivity index (χ3n) is 7.86. The molecule has 2 amide bonds. The van der Waals surface area contributed by atoms with Gasteiger partial charge in [-0.2, -0.15) is 0 Å². The highest BCUT2D eigenvalue weighted by Gasteiger charge is 2.28. The van der Waals surface area contributed by atoms with Crippen molar-refractivity contribution < 1.29 is 14.0 Å². The van der Waals surface area contributed by atoms with Crippen molar-refractivity contribution in [2.24, 2.45) is 0 Å². The second-order valence-electron chi connectivity index (χ2n) is 11.2. The number of carbonyl (C=O) groups is 2. The molecule has 2 atom stereocenters. The number of fused-ring (bicyclic) bond motifs is 1. The highest BCUT2D eigenvalue weighted by molar-refractivity contribution is 6.04. The second-order valence-corrected chi connectivity index (χ2v) is 11.2. The van der Waals surface area contributed by atoms with Crippen molar-refractivity contribution in [2.45, 2.75) is 72.1 Å². The van der Waals surface area contributed by atoms with E-state index in [1.807, 2.05) is 25.7 Å². The number of allylic oxidation sites excluding steroid dienone is 1. The molecule has 0 radical (unpaired) electrons. The Hall–Kier alpha value is -3.59. The minimum atomic E-state index is -0.769. The third kappa shape index (κ3) is 6.09. The minimum Gasteiger partial charge on any atom is -0.337 e. The van der Waals surface area contributed by atoms with Gasteiger partial charge in [0.1, 0.15) is 6.17 Å². The molecule has 0 bridgehead atoms. The largest absolute Gasteiger partial charge is 0.337 e. The van der Waals surface area contributed by atoms with E-state index in [9.17, 15) is 14.0 Å². The van der Waals surface area contributed by atoms with Crippen molar-refractivity contribution >= 4 is 28.8 Å². The van der Waals surface area contributed by atoms with Crippen LogP contribution < -0.4 is 5.32 Å². The van der Waals surface area contributed by atoms with Crippen LogP contribution in [0.1, 0.15) is 71.5 Å². The fourth-order valence-corrected chi connectivity index (χ4v) is 6.15. The summed E-state index contributed by atoms with van der Waals surface area (Å²) in [7, 11) is 0. The molecule has 0 saturated carbocycles. The van der Waals surface area contributed by atoms with E-state index in [4.69, 9.17) is 4.98 Å². The molecule has 9 heteroatoms. The molecule has 0 spiro atoms. The molecule has 8 nitrogen and oxygen atoms in total. The van der Waals surface area contributed by atoms with Crippen molar-refractivity contribution in [3.05, 3.63) is 64.5 Å². The highest BCUT2D eigenvalue weighted by atomic mass is 19.1. The van der Waals surface area contributed by atoms with Crippen molar-refractivity contribution in [1.29, 1.82) is 0 Å². The number of pyridine rings is 1. The van der Waals surface area contributed by atoms with E-state index in [1.165, 1.54) is 0 Å². The number of halogens is 1. The lowest BCUT2D eigenvalue weighted by Gasteiger charge is -2.26. The second kappa shape index (κ2) is 11.9. The average molecular weight is 547 g/mol. The number of likely N-dealkylation sites (tertiary alicyclic amines) is 2. The van der Waals surface area contributed by atoms with E-state index in [1.54, 1.807) is 24.3 Å². The van der Waals surface area contributed by atoms with Gasteiger partial charge >= 0.3 is 0 Å². The summed E-state index contributed by atoms with van der Waals surface area (Å²) < 4.78 is 15.9. The lowest BCUT2D eigenvalue weighted by Crippen LogP contribution is -2.34. The van der Waals surface area contributed by atoms with Crippen LogP contribution in [0.5, 0.6) is 0 Å². The summed E-state index contributed by atoms with van der Waals surface area (Å²) in [5, 5.41) is 3.09. The Balaban J connectivity index is 1.55. The first-order valence-corrected chi connectivity index (χ1v) is 14.3. The maximum absolute atomic E-state index is 13.8. The van der Waals surface area contributed by atoms with Gasteiger partial charge in [0.15, 0.2) is 0 Å². The lowest BCUT2D eigenvalue weighted by molar-refractivity contribution is -0.126. The number of aromatic nitrogens is 3. The van der Waals surface area contributed by atoms with Gasteiger partial charge in [0.2, 0.25) is 11.9 Å². The predicted molar refractivity (Wildman–Crippen MR) is 155 cm³/mol. The summed E-state index contributed by atoms with van der Waals surface area (Å²) in [5.41, 5.74) is 5.95. The van der Waals surface area contributed by atoms with E-state index in [0.29, 0.717) is 44.1 Å². The number of rotatable bonds is 6. The Morgan fingerprint density at radius 3 is 2.50 bits per heavy atom. The maximum atomic E-state index is 13.8. The van der Waals surface area contributed by atoms with Crippen molar-refractivity contribution in [3.8, 4) is 0 Å². The molecule has 1 N–H and O–H groups in total. The van der Waals surface area contributed by atoms with Gasteiger partial charge in [-0.05, 0) is 88.8 Å². The van der Waals surface area contributed by atoms with Crippen LogP contribution in [0.3, 0.4) is 0 Å². The molecule has 3 aromatic rings. The molecule has 2 aliphatic heterocycles. The number of nitrogens with zero attached hydrogens (tertiary/aromatic N) is 5. The van der Waals surface area contributed by atoms with Crippen LogP contribution >= 0.6 is 0 Å². The monoisotopic (exact) mass is 546 g/mol. The first-order valence-electron chi connectivity index (χ1n) is 14.3. The van der Waals surface area contributed by atoms with E-state index in [0.717, 1.165) is 59.4 Å². The van der Waals surface area contributed by atoms with Gasteiger partial charge in [0, 0.05) is 49.7 Å². The summed E-state index contributed by atoms with van der Waals surface area (Å²) in [5.74, 6) is 0.232. The zero-order valence-corrected chi connectivity index (χ0v) is 23.9. The number of carbonyl (C=O) groups excluding carboxylic acids is 2. The fraction of sp³-hybridized carbons (Fsp3) is 0.484. The third-order valence-corrected chi connectivity index (χ3v) is 7.86. The number of alkyl halides is 1. The topological polar surface area (TPSA) is 83.4 Å². The molecule has 1 aromatic carbocycles. The number of amides is 2. The summed E-state index contributed by atoms with van der Waals surface area (Å²) >= 11 is 0. The molecule has 40 heavy (non-hydrogen) atoms. The van der Waals surface area contributed by atoms with Crippen LogP contribution in [0.2, 0.25) is 0 Å². The first kappa shape index (κ1) is 28.0. The van der Waals surface area contributed by atoms with Gasteiger partial charge in [-0.3, -0.25) is 24.8 Å². The number of anilines is 1. The van der Waals surface area contributed by atoms with Gasteiger partial charge < -0.3 is 9.47 Å². The zero-order valence-electron chi connectivity index (χ0n) is 23.9. The number of hydrogen-bond acceptors (Lipinski definition) is 5. The van der Waals surface area contributed by atoms with Gasteiger partial charge in [0.25, 0.3) is 5.91 Å². The molecule has 2 saturated heterocycles. The molecule has 2 aliphatic rings. The van der Waals surface area contributed by atoms with Crippen LogP contribution in [-0.4, -0.2) is 68.5 Å². The van der Waals surface area contributed by atoms with Crippen molar-refractivity contribution in [1.82, 2.24) is 24.3 Å². The Morgan fingerprint density at radius 2 is 1.80 bits per heavy atom. The number of nitrogens with one attached hydrogen (secondary N) is 1. The summed E-state index contributed by atoms with van der Waals surface area (Å²) in [6, 6.07) is 7.70. The molecule has 5 rings (SSSR count). The van der Waals surface area contributed by atoms with Crippen LogP contribution in [0.4, 0.5) is 10.3 Å². The first-order chi connectivity index (χ1) is 19.2. The van der Waals surface area contributed by atoms with Gasteiger partial charge in [0.05, 0.1) is 17.1 Å². The summed E-state index contributed by atoms with van der Waals surface area (Å²) in [4.78, 5) is 39.7. The Bertz CT molecular complexity index is 1430. The van der Waals surface area contributed by atoms with Crippen molar-refractivity contribution in [2.75, 3.05) is 31.5 Å². The Morgan fingerprint density at radius 1 is 1.02 bits per heavy atom. The molecule has 4 heterocycles. The molecule has 212 valence electrons. The van der Waals surface area contributed by atoms with E-state index < -0.39 is 6.17 Å². The summed E-state index contributed by atoms with van der Waals surface area (Å²) in [6.45, 7) is 10.8. The normalized spacial score (nSPS) is 20.4. The van der Waals surface area contributed by atoms with Gasteiger partial charge in [-0.25, -0.2) is 9.37 Å². The quantitative estimate of drug-likeness (QED) is 0.425. The van der Waals surface area contributed by atoms with Crippen LogP contribution in [0.15, 0.2) is 36.4 Å². The smallest absolute Gasteiger partial charge is 0.258 e. The molecule has 2 aromatic heterocycles. The maximum Gasteiger partial charge on any atom is 0.258 e. The van der Waals surface area contributed by atoms with Gasteiger partial charge in [-0.1, -0.05) is 12.1 Å². The predicted octanol–water partition coefficient (Wildman–Crippen LogP) is 5.28. The SMILES string of the molecule is CC=CC(=O)N1CCCC[C@@H](n2c(NC(=O)c3cc(C)nc(C)c3)nc3cc(CN4CC[C@H](F)C4)cc(C)c32)C1. The molecule has 0 aliphatic carbocycles. The molecular weight excluding hydrogens is 507 g/mol. The van der Waals surface area contributed by atoms with Crippen LogP contribution in [0.25, 0.3) is 11.0 Å². The number of benzene rings is 1. The van der Waals surface area contributed by atoms with Crippen molar-refractivity contribution in [3.63, 3.8) is 0 Å². The summed E-state index contributed by atoms with van der Waals surface area (Å²) in [6.07, 6.45) is 5.96. The number of aryl methyl sites for hydroxylation is 3.